The van der Waals surface area contributed by atoms with Gasteiger partial charge in [0.1, 0.15) is 0 Å². The fourth-order valence-corrected chi connectivity index (χ4v) is 2.29. The second-order valence-corrected chi connectivity index (χ2v) is 4.15. The lowest BCUT2D eigenvalue weighted by Gasteiger charge is -2.07. The molecule has 1 heterocycles. The molecule has 0 aliphatic rings. The molecule has 1 aromatic rings. The third kappa shape index (κ3) is 1.93. The van der Waals surface area contributed by atoms with Crippen LogP contribution < -0.4 is 0 Å². The predicted molar refractivity (Wildman–Crippen MR) is 54.3 cm³/mol. The van der Waals surface area contributed by atoms with Gasteiger partial charge < -0.3 is 0 Å². The van der Waals surface area contributed by atoms with Crippen LogP contribution in [0.15, 0.2) is 10.7 Å². The third-order valence-electron chi connectivity index (χ3n) is 1.40. The van der Waals surface area contributed by atoms with Gasteiger partial charge >= 0.3 is 0 Å². The molecule has 12 heavy (non-hydrogen) atoms. The summed E-state index contributed by atoms with van der Waals surface area (Å²) in [5.74, 6) is 0. The van der Waals surface area contributed by atoms with Crippen molar-refractivity contribution in [2.75, 3.05) is 0 Å². The van der Waals surface area contributed by atoms with Crippen molar-refractivity contribution in [3.63, 3.8) is 0 Å². The van der Waals surface area contributed by atoms with Crippen LogP contribution in [0.25, 0.3) is 0 Å². The lowest BCUT2D eigenvalue weighted by Crippen LogP contribution is -1.96. The maximum Gasteiger partial charge on any atom is 0.266 e. The molecule has 5 heteroatoms. The number of aromatic nitrogens is 1. The Morgan fingerprint density at radius 2 is 2.17 bits per heavy atom. The standard InChI is InChI=1S/C7H5BrF2IN/c1-3-6(11)5(7(9)10)4(8)2-12-3/h2,7H,1H3. The normalized spacial score (nSPS) is 10.8. The second-order valence-electron chi connectivity index (χ2n) is 2.22. The number of pyridine rings is 1. The molecule has 0 fully saturated rings. The van der Waals surface area contributed by atoms with E-state index in [1.54, 1.807) is 6.92 Å². The molecule has 0 aromatic carbocycles. The van der Waals surface area contributed by atoms with Gasteiger partial charge in [0.2, 0.25) is 0 Å². The first-order valence-electron chi connectivity index (χ1n) is 3.12. The SMILES string of the molecule is Cc1ncc(Br)c(C(F)F)c1I. The average Bonchev–Trinajstić information content (AvgIpc) is 1.97. The van der Waals surface area contributed by atoms with Crippen molar-refractivity contribution in [1.82, 2.24) is 4.98 Å². The highest BCUT2D eigenvalue weighted by Gasteiger charge is 2.17. The maximum atomic E-state index is 12.4. The lowest BCUT2D eigenvalue weighted by atomic mass is 10.2. The summed E-state index contributed by atoms with van der Waals surface area (Å²) in [5.41, 5.74) is 0.664. The smallest absolute Gasteiger partial charge is 0.259 e. The van der Waals surface area contributed by atoms with E-state index in [0.717, 1.165) is 0 Å². The summed E-state index contributed by atoms with van der Waals surface area (Å²) in [4.78, 5) is 3.93. The van der Waals surface area contributed by atoms with E-state index in [0.29, 0.717) is 13.7 Å². The van der Waals surface area contributed by atoms with E-state index >= 15 is 0 Å². The molecule has 0 bridgehead atoms. The van der Waals surface area contributed by atoms with Crippen LogP contribution in [0.3, 0.4) is 0 Å². The molecule has 0 aliphatic heterocycles. The van der Waals surface area contributed by atoms with Gasteiger partial charge in [0.25, 0.3) is 6.43 Å². The van der Waals surface area contributed by atoms with E-state index in [9.17, 15) is 8.78 Å². The van der Waals surface area contributed by atoms with Crippen LogP contribution in [0, 0.1) is 10.5 Å². The molecule has 1 rings (SSSR count). The minimum absolute atomic E-state index is 0.0306. The Balaban J connectivity index is 3.33. The van der Waals surface area contributed by atoms with Crippen molar-refractivity contribution in [1.29, 1.82) is 0 Å². The van der Waals surface area contributed by atoms with Gasteiger partial charge in [0.05, 0.1) is 5.69 Å². The molecule has 0 amide bonds. The third-order valence-corrected chi connectivity index (χ3v) is 3.39. The van der Waals surface area contributed by atoms with Gasteiger partial charge in [-0.2, -0.15) is 0 Å². The summed E-state index contributed by atoms with van der Waals surface area (Å²) in [6.45, 7) is 1.71. The zero-order valence-electron chi connectivity index (χ0n) is 6.11. The van der Waals surface area contributed by atoms with Crippen LogP contribution in [-0.2, 0) is 0 Å². The topological polar surface area (TPSA) is 12.9 Å². The average molecular weight is 348 g/mol. The molecule has 0 radical (unpaired) electrons. The quantitative estimate of drug-likeness (QED) is 0.706. The zero-order chi connectivity index (χ0) is 9.30. The Morgan fingerprint density at radius 1 is 1.58 bits per heavy atom. The van der Waals surface area contributed by atoms with Crippen LogP contribution in [-0.4, -0.2) is 4.98 Å². The first-order valence-corrected chi connectivity index (χ1v) is 5.00. The number of nitrogens with zero attached hydrogens (tertiary/aromatic N) is 1. The monoisotopic (exact) mass is 347 g/mol. The van der Waals surface area contributed by atoms with Gasteiger partial charge in [-0.05, 0) is 45.4 Å². The number of halogens is 4. The Labute approximate surface area is 90.8 Å². The van der Waals surface area contributed by atoms with Gasteiger partial charge in [-0.3, -0.25) is 4.98 Å². The largest absolute Gasteiger partial charge is 0.266 e. The van der Waals surface area contributed by atoms with E-state index in [1.165, 1.54) is 6.20 Å². The van der Waals surface area contributed by atoms with E-state index in [4.69, 9.17) is 0 Å². The zero-order valence-corrected chi connectivity index (χ0v) is 9.86. The van der Waals surface area contributed by atoms with Crippen molar-refractivity contribution < 1.29 is 8.78 Å². The Hall–Kier alpha value is 0.220. The van der Waals surface area contributed by atoms with Crippen molar-refractivity contribution in [3.8, 4) is 0 Å². The van der Waals surface area contributed by atoms with E-state index < -0.39 is 6.43 Å². The number of hydrogen-bond donors (Lipinski definition) is 0. The summed E-state index contributed by atoms with van der Waals surface area (Å²) in [5, 5.41) is 0. The predicted octanol–water partition coefficient (Wildman–Crippen LogP) is 3.69. The van der Waals surface area contributed by atoms with Crippen molar-refractivity contribution in [3.05, 3.63) is 25.5 Å². The van der Waals surface area contributed by atoms with E-state index in [2.05, 4.69) is 20.9 Å². The molecule has 0 saturated carbocycles. The summed E-state index contributed by atoms with van der Waals surface area (Å²) in [7, 11) is 0. The highest BCUT2D eigenvalue weighted by Crippen LogP contribution is 2.31. The number of rotatable bonds is 1. The summed E-state index contributed by atoms with van der Waals surface area (Å²) >= 11 is 4.91. The van der Waals surface area contributed by atoms with Crippen molar-refractivity contribution >= 4 is 38.5 Å². The molecule has 0 unspecified atom stereocenters. The highest BCUT2D eigenvalue weighted by molar-refractivity contribution is 14.1. The first-order chi connectivity index (χ1) is 5.54. The Morgan fingerprint density at radius 3 is 2.58 bits per heavy atom. The van der Waals surface area contributed by atoms with Crippen LogP contribution in [0.5, 0.6) is 0 Å². The molecular weight excluding hydrogens is 343 g/mol. The lowest BCUT2D eigenvalue weighted by molar-refractivity contribution is 0.149. The van der Waals surface area contributed by atoms with Crippen molar-refractivity contribution in [2.45, 2.75) is 13.3 Å². The van der Waals surface area contributed by atoms with Gasteiger partial charge in [-0.25, -0.2) is 8.78 Å². The van der Waals surface area contributed by atoms with Crippen LogP contribution in [0.2, 0.25) is 0 Å². The Kier molecular flexibility index (Phi) is 3.39. The molecule has 0 atom stereocenters. The molecule has 1 aromatic heterocycles. The van der Waals surface area contributed by atoms with Gasteiger partial charge in [-0.1, -0.05) is 0 Å². The minimum atomic E-state index is -2.45. The molecule has 1 nitrogen and oxygen atoms in total. The molecule has 0 aliphatic carbocycles. The highest BCUT2D eigenvalue weighted by atomic mass is 127. The molecule has 66 valence electrons. The number of aryl methyl sites for hydroxylation is 1. The minimum Gasteiger partial charge on any atom is -0.259 e. The van der Waals surface area contributed by atoms with Gasteiger partial charge in [-0.15, -0.1) is 0 Å². The van der Waals surface area contributed by atoms with E-state index in [-0.39, 0.29) is 5.56 Å². The fraction of sp³-hybridized carbons (Fsp3) is 0.286. The molecule has 0 saturated heterocycles. The Bertz CT molecular complexity index is 304. The summed E-state index contributed by atoms with van der Waals surface area (Å²) in [6, 6.07) is 0. The number of hydrogen-bond acceptors (Lipinski definition) is 1. The second kappa shape index (κ2) is 3.95. The number of alkyl halides is 2. The molecule has 0 N–H and O–H groups in total. The summed E-state index contributed by atoms with van der Waals surface area (Å²) in [6.07, 6.45) is -1.05. The first kappa shape index (κ1) is 10.3. The molecular formula is C7H5BrF2IN. The maximum absolute atomic E-state index is 12.4. The van der Waals surface area contributed by atoms with Gasteiger partial charge in [0.15, 0.2) is 0 Å². The van der Waals surface area contributed by atoms with Crippen molar-refractivity contribution in [2.24, 2.45) is 0 Å². The fourth-order valence-electron chi connectivity index (χ4n) is 0.779. The van der Waals surface area contributed by atoms with Crippen LogP contribution in [0.4, 0.5) is 8.78 Å². The van der Waals surface area contributed by atoms with E-state index in [1.807, 2.05) is 22.6 Å². The van der Waals surface area contributed by atoms with Crippen LogP contribution >= 0.6 is 38.5 Å². The van der Waals surface area contributed by atoms with Crippen LogP contribution in [0.1, 0.15) is 17.7 Å². The van der Waals surface area contributed by atoms with Gasteiger partial charge in [0, 0.05) is 19.8 Å². The molecule has 0 spiro atoms. The summed E-state index contributed by atoms with van der Waals surface area (Å²) < 4.78 is 25.7.